The number of nitrogens with one attached hydrogen (secondary N) is 1. The van der Waals surface area contributed by atoms with Gasteiger partial charge in [0.25, 0.3) is 5.91 Å². The average molecular weight is 474 g/mol. The summed E-state index contributed by atoms with van der Waals surface area (Å²) < 4.78 is 32.3. The zero-order valence-electron chi connectivity index (χ0n) is 20.1. The molecule has 1 heterocycles. The zero-order valence-corrected chi connectivity index (χ0v) is 20.9. The van der Waals surface area contributed by atoms with Crippen LogP contribution in [0.5, 0.6) is 0 Å². The Kier molecular flexibility index (Phi) is 8.28. The van der Waals surface area contributed by atoms with E-state index in [4.69, 9.17) is 4.74 Å². The predicted octanol–water partition coefficient (Wildman–Crippen LogP) is 3.25. The fraction of sp³-hybridized carbons (Fsp3) is 0.480. The fourth-order valence-electron chi connectivity index (χ4n) is 3.94. The SMILES string of the molecule is CC1CN(Cc2ccc(C(=O)NCc3ccc(S(=O)(=O)N(C)C(C)C)cc3)cc2)CC(C)O1. The summed E-state index contributed by atoms with van der Waals surface area (Å²) in [5.74, 6) is -0.161. The lowest BCUT2D eigenvalue weighted by Crippen LogP contribution is -2.44. The molecule has 2 aromatic rings. The number of hydrogen-bond donors (Lipinski definition) is 1. The van der Waals surface area contributed by atoms with Gasteiger partial charge in [0.05, 0.1) is 17.1 Å². The number of carbonyl (C=O) groups is 1. The van der Waals surface area contributed by atoms with Crippen LogP contribution in [0.25, 0.3) is 0 Å². The lowest BCUT2D eigenvalue weighted by Gasteiger charge is -2.35. The number of sulfonamides is 1. The first-order valence-corrected chi connectivity index (χ1v) is 12.8. The summed E-state index contributed by atoms with van der Waals surface area (Å²) in [6, 6.07) is 14.2. The van der Waals surface area contributed by atoms with Gasteiger partial charge in [-0.1, -0.05) is 24.3 Å². The van der Waals surface area contributed by atoms with Crippen LogP contribution in [-0.2, 0) is 27.8 Å². The van der Waals surface area contributed by atoms with Crippen molar-refractivity contribution in [3.8, 4) is 0 Å². The van der Waals surface area contributed by atoms with E-state index in [0.717, 1.165) is 30.8 Å². The van der Waals surface area contributed by atoms with Crippen molar-refractivity contribution in [1.29, 1.82) is 0 Å². The van der Waals surface area contributed by atoms with Crippen molar-refractivity contribution in [2.45, 2.75) is 63.9 Å². The van der Waals surface area contributed by atoms with E-state index in [1.165, 1.54) is 4.31 Å². The minimum atomic E-state index is -3.51. The Balaban J connectivity index is 1.54. The fourth-order valence-corrected chi connectivity index (χ4v) is 5.31. The summed E-state index contributed by atoms with van der Waals surface area (Å²) in [6.07, 6.45) is 0.452. The van der Waals surface area contributed by atoms with Gasteiger partial charge in [-0.15, -0.1) is 0 Å². The van der Waals surface area contributed by atoms with Gasteiger partial charge in [0, 0.05) is 44.8 Å². The molecule has 33 heavy (non-hydrogen) atoms. The molecule has 1 fully saturated rings. The molecule has 2 atom stereocenters. The molecule has 8 heteroatoms. The Bertz CT molecular complexity index is 1030. The van der Waals surface area contributed by atoms with Crippen molar-refractivity contribution >= 4 is 15.9 Å². The van der Waals surface area contributed by atoms with E-state index in [9.17, 15) is 13.2 Å². The molecule has 0 aliphatic carbocycles. The van der Waals surface area contributed by atoms with Gasteiger partial charge in [-0.05, 0) is 63.1 Å². The monoisotopic (exact) mass is 473 g/mol. The maximum absolute atomic E-state index is 12.6. The molecule has 0 aromatic heterocycles. The van der Waals surface area contributed by atoms with E-state index < -0.39 is 10.0 Å². The van der Waals surface area contributed by atoms with E-state index in [0.29, 0.717) is 12.1 Å². The highest BCUT2D eigenvalue weighted by Gasteiger charge is 2.23. The van der Waals surface area contributed by atoms with Crippen molar-refractivity contribution in [2.75, 3.05) is 20.1 Å². The van der Waals surface area contributed by atoms with Gasteiger partial charge in [-0.2, -0.15) is 4.31 Å². The molecule has 1 N–H and O–H groups in total. The average Bonchev–Trinajstić information content (AvgIpc) is 2.77. The second-order valence-electron chi connectivity index (χ2n) is 9.09. The topological polar surface area (TPSA) is 79.0 Å². The van der Waals surface area contributed by atoms with Crippen LogP contribution < -0.4 is 5.32 Å². The van der Waals surface area contributed by atoms with Gasteiger partial charge in [0.15, 0.2) is 0 Å². The molecule has 1 aliphatic rings. The number of nitrogens with zero attached hydrogens (tertiary/aromatic N) is 2. The number of benzene rings is 2. The summed E-state index contributed by atoms with van der Waals surface area (Å²) in [7, 11) is -1.94. The minimum Gasteiger partial charge on any atom is -0.373 e. The van der Waals surface area contributed by atoms with Gasteiger partial charge < -0.3 is 10.1 Å². The first kappa shape index (κ1) is 25.4. The minimum absolute atomic E-state index is 0.124. The van der Waals surface area contributed by atoms with E-state index in [1.807, 2.05) is 38.1 Å². The van der Waals surface area contributed by atoms with Crippen LogP contribution in [0.15, 0.2) is 53.4 Å². The number of hydrogen-bond acceptors (Lipinski definition) is 5. The molecule has 3 rings (SSSR count). The van der Waals surface area contributed by atoms with Crippen molar-refractivity contribution in [2.24, 2.45) is 0 Å². The predicted molar refractivity (Wildman–Crippen MR) is 129 cm³/mol. The molecule has 2 unspecified atom stereocenters. The lowest BCUT2D eigenvalue weighted by atomic mass is 10.1. The Morgan fingerprint density at radius 2 is 1.58 bits per heavy atom. The van der Waals surface area contributed by atoms with Gasteiger partial charge >= 0.3 is 0 Å². The molecule has 7 nitrogen and oxygen atoms in total. The van der Waals surface area contributed by atoms with E-state index >= 15 is 0 Å². The maximum Gasteiger partial charge on any atom is 0.251 e. The largest absolute Gasteiger partial charge is 0.373 e. The van der Waals surface area contributed by atoms with Crippen LogP contribution in [-0.4, -0.2) is 61.9 Å². The van der Waals surface area contributed by atoms with Crippen LogP contribution in [0.3, 0.4) is 0 Å². The number of carbonyl (C=O) groups excluding carboxylic acids is 1. The summed E-state index contributed by atoms with van der Waals surface area (Å²) in [6.45, 7) is 10.8. The van der Waals surface area contributed by atoms with Crippen molar-refractivity contribution in [3.63, 3.8) is 0 Å². The quantitative estimate of drug-likeness (QED) is 0.637. The molecule has 1 saturated heterocycles. The molecule has 2 aromatic carbocycles. The normalized spacial score (nSPS) is 19.7. The van der Waals surface area contributed by atoms with Crippen LogP contribution >= 0.6 is 0 Å². The number of amides is 1. The van der Waals surface area contributed by atoms with E-state index in [-0.39, 0.29) is 29.1 Å². The Hall–Kier alpha value is -2.26. The highest BCUT2D eigenvalue weighted by Crippen LogP contribution is 2.18. The highest BCUT2D eigenvalue weighted by molar-refractivity contribution is 7.89. The van der Waals surface area contributed by atoms with Gasteiger partial charge in [-0.3, -0.25) is 9.69 Å². The van der Waals surface area contributed by atoms with Gasteiger partial charge in [0.1, 0.15) is 0 Å². The van der Waals surface area contributed by atoms with Crippen molar-refractivity contribution in [3.05, 3.63) is 65.2 Å². The lowest BCUT2D eigenvalue weighted by molar-refractivity contribution is -0.0704. The summed E-state index contributed by atoms with van der Waals surface area (Å²) in [4.78, 5) is 15.2. The molecular formula is C25H35N3O4S. The van der Waals surface area contributed by atoms with Crippen LogP contribution in [0.4, 0.5) is 0 Å². The zero-order chi connectivity index (χ0) is 24.2. The summed E-state index contributed by atoms with van der Waals surface area (Å²) in [5.41, 5.74) is 2.60. The number of ether oxygens (including phenoxy) is 1. The molecule has 0 spiro atoms. The van der Waals surface area contributed by atoms with Crippen LogP contribution in [0, 0.1) is 0 Å². The summed E-state index contributed by atoms with van der Waals surface area (Å²) >= 11 is 0. The number of rotatable bonds is 8. The number of morpholine rings is 1. The Morgan fingerprint density at radius 3 is 2.12 bits per heavy atom. The molecule has 1 aliphatic heterocycles. The molecule has 0 saturated carbocycles. The first-order chi connectivity index (χ1) is 15.6. The third kappa shape index (κ3) is 6.63. The summed E-state index contributed by atoms with van der Waals surface area (Å²) in [5, 5.41) is 2.90. The standard InChI is InChI=1S/C25H35N3O4S/c1-18(2)27(5)33(30,31)24-12-8-21(9-13-24)14-26-25(29)23-10-6-22(7-11-23)17-28-15-19(3)32-20(4)16-28/h6-13,18-20H,14-17H2,1-5H3,(H,26,29). The molecular weight excluding hydrogens is 438 g/mol. The highest BCUT2D eigenvalue weighted by atomic mass is 32.2. The van der Waals surface area contributed by atoms with E-state index in [1.54, 1.807) is 31.3 Å². The first-order valence-electron chi connectivity index (χ1n) is 11.4. The van der Waals surface area contributed by atoms with E-state index in [2.05, 4.69) is 24.1 Å². The van der Waals surface area contributed by atoms with Crippen molar-refractivity contribution in [1.82, 2.24) is 14.5 Å². The van der Waals surface area contributed by atoms with Crippen LogP contribution in [0.2, 0.25) is 0 Å². The second-order valence-corrected chi connectivity index (χ2v) is 11.1. The second kappa shape index (κ2) is 10.8. The Labute approximate surface area is 197 Å². The Morgan fingerprint density at radius 1 is 1.03 bits per heavy atom. The van der Waals surface area contributed by atoms with Crippen LogP contribution in [0.1, 0.15) is 49.2 Å². The van der Waals surface area contributed by atoms with Crippen molar-refractivity contribution < 1.29 is 17.9 Å². The third-order valence-corrected chi connectivity index (χ3v) is 7.95. The molecule has 1 amide bonds. The maximum atomic E-state index is 12.6. The smallest absolute Gasteiger partial charge is 0.251 e. The van der Waals surface area contributed by atoms with Gasteiger partial charge in [0.2, 0.25) is 10.0 Å². The molecule has 0 radical (unpaired) electrons. The molecule has 180 valence electrons. The third-order valence-electron chi connectivity index (χ3n) is 5.90. The molecule has 0 bridgehead atoms. The van der Waals surface area contributed by atoms with Gasteiger partial charge in [-0.25, -0.2) is 8.42 Å².